The molecule has 81 heavy (non-hydrogen) atoms. The molecular weight excluding hydrogens is 1040 g/mol. The summed E-state index contributed by atoms with van der Waals surface area (Å²) in [4.78, 5) is 142. The maximum atomic E-state index is 15.0. The number of carbonyl (C=O) groups excluding carboxylic acids is 9. The number of hydrogen-bond donors (Lipinski definition) is 13. The third-order valence-corrected chi connectivity index (χ3v) is 14.7. The molecule has 3 aromatic carbocycles. The zero-order chi connectivity index (χ0) is 57.8. The molecule has 1 aliphatic carbocycles. The molecule has 3 heterocycles. The summed E-state index contributed by atoms with van der Waals surface area (Å²) >= 11 is 0. The van der Waals surface area contributed by atoms with Crippen LogP contribution < -0.4 is 59.7 Å². The molecule has 0 spiro atoms. The Bertz CT molecular complexity index is 3040. The number of H-pyrrole nitrogens is 2. The standard InChI is InChI=1S/C57H75N15O9/c1-33(73)66-44(25-34-12-3-2-4-13-34)52(77)72-48-29-49(74)62-22-10-9-18-42(50(58)75)67-54(79)46(27-38-30-64-41-17-8-7-16-40(38)41)70-51(76)43(19-11-23-63-57(59)60)68-53(78)45(26-35-20-21-36-14-5-6-15-37(36)24-35)69-55(80)47(71-56(48)81)28-39-31-61-32-65-39/h5-8,14-17,20-21,24,30-32,34,42-48,64H,2-4,9-13,18-19,22-23,25-29H2,1H3,(H2,58,75)(H,61,65)(H,62,74)(H,66,73)(H,67,79)(H,68,78)(H,69,80)(H,70,76)(H,71,81)(H,72,77)(H4,59,60,63)/t42-,43-,44-,45+,46-,47-,48-/m0/s1. The van der Waals surface area contributed by atoms with Crippen molar-refractivity contribution in [2.24, 2.45) is 28.1 Å². The van der Waals surface area contributed by atoms with E-state index in [9.17, 15) is 38.4 Å². The number of nitrogens with two attached hydrogens (primary N) is 3. The third-order valence-electron chi connectivity index (χ3n) is 14.7. The number of hydrogen-bond acceptors (Lipinski definition) is 11. The number of aromatic nitrogens is 3. The lowest BCUT2D eigenvalue weighted by Gasteiger charge is -2.29. The second kappa shape index (κ2) is 29.4. The molecule has 24 heteroatoms. The molecule has 7 atom stereocenters. The molecule has 2 aromatic heterocycles. The first-order valence-electron chi connectivity index (χ1n) is 27.7. The number of primary amides is 1. The van der Waals surface area contributed by atoms with Gasteiger partial charge < -0.3 is 69.7 Å². The SMILES string of the molecule is CC(=O)N[C@@H](CC1CCCCC1)C(=O)N[C@H]1CC(=O)NCCCC[C@@H](C(N)=O)NC(=O)[C@H](Cc2c[nH]c3ccccc23)NC(=O)[C@H](CCCN=C(N)N)NC(=O)[C@@H](Cc2ccc3ccccc3c2)NC(=O)[C@H](Cc2cnc[nH]2)NC1=O. The predicted molar refractivity (Wildman–Crippen MR) is 303 cm³/mol. The van der Waals surface area contributed by atoms with E-state index < -0.39 is 102 Å². The van der Waals surface area contributed by atoms with Crippen molar-refractivity contribution in [3.8, 4) is 0 Å². The predicted octanol–water partition coefficient (Wildman–Crippen LogP) is 0.685. The lowest BCUT2D eigenvalue weighted by molar-refractivity contribution is -0.136. The number of fused-ring (bicyclic) bond motifs is 2. The van der Waals surface area contributed by atoms with Crippen molar-refractivity contribution in [1.82, 2.24) is 57.5 Å². The highest BCUT2D eigenvalue weighted by Crippen LogP contribution is 2.28. The summed E-state index contributed by atoms with van der Waals surface area (Å²) in [6.45, 7) is 1.39. The third kappa shape index (κ3) is 18.1. The van der Waals surface area contributed by atoms with E-state index in [0.717, 1.165) is 53.8 Å². The van der Waals surface area contributed by atoms with Crippen LogP contribution in [0.3, 0.4) is 0 Å². The van der Waals surface area contributed by atoms with E-state index in [1.54, 1.807) is 12.3 Å². The van der Waals surface area contributed by atoms with Gasteiger partial charge in [0.25, 0.3) is 0 Å². The normalized spacial score (nSPS) is 21.9. The van der Waals surface area contributed by atoms with Crippen molar-refractivity contribution >= 4 is 80.8 Å². The second-order valence-corrected chi connectivity index (χ2v) is 21.0. The number of benzene rings is 3. The van der Waals surface area contributed by atoms with E-state index in [1.165, 1.54) is 19.4 Å². The minimum atomic E-state index is -1.58. The van der Waals surface area contributed by atoms with E-state index in [-0.39, 0.29) is 76.3 Å². The molecule has 432 valence electrons. The Morgan fingerprint density at radius 2 is 1.36 bits per heavy atom. The van der Waals surface area contributed by atoms with E-state index in [1.807, 2.05) is 60.7 Å². The lowest BCUT2D eigenvalue weighted by atomic mass is 9.84. The van der Waals surface area contributed by atoms with Crippen molar-refractivity contribution in [2.75, 3.05) is 13.1 Å². The summed E-state index contributed by atoms with van der Waals surface area (Å²) in [6.07, 6.45) is 9.25. The van der Waals surface area contributed by atoms with Gasteiger partial charge >= 0.3 is 0 Å². The average Bonchev–Trinajstić information content (AvgIpc) is 4.14. The molecule has 2 aliphatic rings. The van der Waals surface area contributed by atoms with Gasteiger partial charge in [-0.2, -0.15) is 0 Å². The van der Waals surface area contributed by atoms with Crippen LogP contribution in [-0.2, 0) is 62.4 Å². The first kappa shape index (κ1) is 59.8. The van der Waals surface area contributed by atoms with Gasteiger partial charge in [-0.05, 0) is 72.4 Å². The first-order valence-corrected chi connectivity index (χ1v) is 27.7. The highest BCUT2D eigenvalue weighted by atomic mass is 16.2. The van der Waals surface area contributed by atoms with Crippen molar-refractivity contribution in [2.45, 2.75) is 146 Å². The van der Waals surface area contributed by atoms with Crippen LogP contribution in [-0.4, -0.2) is 129 Å². The molecule has 24 nitrogen and oxygen atoms in total. The Kier molecular flexibility index (Phi) is 21.7. The number of imidazole rings is 1. The van der Waals surface area contributed by atoms with Crippen LogP contribution in [0.1, 0.15) is 101 Å². The number of aromatic amines is 2. The molecular formula is C57H75N15O9. The lowest BCUT2D eigenvalue weighted by Crippen LogP contribution is -2.61. The Hall–Kier alpha value is -8.83. The van der Waals surface area contributed by atoms with Gasteiger partial charge in [-0.1, -0.05) is 92.8 Å². The van der Waals surface area contributed by atoms with E-state index in [4.69, 9.17) is 17.2 Å². The number of para-hydroxylation sites is 1. The van der Waals surface area contributed by atoms with Crippen LogP contribution in [0.25, 0.3) is 21.7 Å². The fourth-order valence-electron chi connectivity index (χ4n) is 10.5. The number of nitrogens with zero attached hydrogens (tertiary/aromatic N) is 2. The quantitative estimate of drug-likeness (QED) is 0.0369. The summed E-state index contributed by atoms with van der Waals surface area (Å²) in [6, 6.07) is 11.0. The molecule has 5 aromatic rings. The summed E-state index contributed by atoms with van der Waals surface area (Å²) in [5, 5.41) is 24.6. The van der Waals surface area contributed by atoms with Crippen molar-refractivity contribution < 1.29 is 43.2 Å². The summed E-state index contributed by atoms with van der Waals surface area (Å²) in [5.41, 5.74) is 19.6. The monoisotopic (exact) mass is 1110 g/mol. The van der Waals surface area contributed by atoms with Gasteiger partial charge in [0.05, 0.1) is 12.7 Å². The Labute approximate surface area is 468 Å². The number of guanidine groups is 1. The maximum absolute atomic E-state index is 15.0. The number of carbonyl (C=O) groups is 9. The topological polar surface area (TPSA) is 385 Å². The van der Waals surface area contributed by atoms with Gasteiger partial charge in [0, 0.05) is 68.3 Å². The molecule has 0 bridgehead atoms. The Balaban J connectivity index is 1.26. The van der Waals surface area contributed by atoms with Crippen molar-refractivity contribution in [1.29, 1.82) is 0 Å². The molecule has 2 fully saturated rings. The van der Waals surface area contributed by atoms with E-state index in [2.05, 4.69) is 62.5 Å². The summed E-state index contributed by atoms with van der Waals surface area (Å²) in [7, 11) is 0. The largest absolute Gasteiger partial charge is 0.370 e. The van der Waals surface area contributed by atoms with Gasteiger partial charge in [-0.3, -0.25) is 48.1 Å². The van der Waals surface area contributed by atoms with Crippen LogP contribution in [0.4, 0.5) is 0 Å². The number of nitrogens with one attached hydrogen (secondary N) is 10. The molecule has 9 amide bonds. The zero-order valence-electron chi connectivity index (χ0n) is 45.5. The van der Waals surface area contributed by atoms with E-state index >= 15 is 4.79 Å². The maximum Gasteiger partial charge on any atom is 0.243 e. The van der Waals surface area contributed by atoms with Gasteiger partial charge in [0.15, 0.2) is 5.96 Å². The number of rotatable bonds is 16. The summed E-state index contributed by atoms with van der Waals surface area (Å²) in [5.74, 6) is -6.88. The van der Waals surface area contributed by atoms with Gasteiger partial charge in [-0.25, -0.2) is 4.98 Å². The number of amides is 9. The van der Waals surface area contributed by atoms with Crippen LogP contribution in [0, 0.1) is 5.92 Å². The van der Waals surface area contributed by atoms with Crippen molar-refractivity contribution in [3.05, 3.63) is 102 Å². The fourth-order valence-corrected chi connectivity index (χ4v) is 10.5. The van der Waals surface area contributed by atoms with Gasteiger partial charge in [0.1, 0.15) is 42.3 Å². The molecule has 1 saturated carbocycles. The highest BCUT2D eigenvalue weighted by molar-refractivity contribution is 5.99. The van der Waals surface area contributed by atoms with Gasteiger partial charge in [0.2, 0.25) is 53.2 Å². The van der Waals surface area contributed by atoms with Crippen LogP contribution >= 0.6 is 0 Å². The molecule has 0 radical (unpaired) electrons. The number of aliphatic imine (C=N–C) groups is 1. The molecule has 0 unspecified atom stereocenters. The molecule has 1 saturated heterocycles. The van der Waals surface area contributed by atoms with E-state index in [0.29, 0.717) is 23.2 Å². The Morgan fingerprint density at radius 1 is 0.704 bits per heavy atom. The second-order valence-electron chi connectivity index (χ2n) is 21.0. The van der Waals surface area contributed by atoms with Crippen molar-refractivity contribution in [3.63, 3.8) is 0 Å². The minimum absolute atomic E-state index is 0.0398. The molecule has 16 N–H and O–H groups in total. The zero-order valence-corrected chi connectivity index (χ0v) is 45.5. The van der Waals surface area contributed by atoms with Crippen LogP contribution in [0.2, 0.25) is 0 Å². The van der Waals surface area contributed by atoms with Gasteiger partial charge in [-0.15, -0.1) is 0 Å². The molecule has 1 aliphatic heterocycles. The van der Waals surface area contributed by atoms with Crippen LogP contribution in [0.5, 0.6) is 0 Å². The summed E-state index contributed by atoms with van der Waals surface area (Å²) < 4.78 is 0. The smallest absolute Gasteiger partial charge is 0.243 e. The highest BCUT2D eigenvalue weighted by Gasteiger charge is 2.36. The average molecular weight is 1110 g/mol. The molecule has 7 rings (SSSR count). The minimum Gasteiger partial charge on any atom is -0.370 e. The van der Waals surface area contributed by atoms with Crippen LogP contribution in [0.15, 0.2) is 90.4 Å². The fraction of sp³-hybridized carbons (Fsp3) is 0.456. The Morgan fingerprint density at radius 3 is 2.07 bits per heavy atom. The first-order chi connectivity index (χ1) is 39.0.